The molecule has 0 aliphatic carbocycles. The fourth-order valence-corrected chi connectivity index (χ4v) is 1.91. The van der Waals surface area contributed by atoms with Crippen LogP contribution in [0.5, 0.6) is 0 Å². The predicted molar refractivity (Wildman–Crippen MR) is 69.0 cm³/mol. The molecule has 0 saturated heterocycles. The maximum absolute atomic E-state index is 8.76. The minimum absolute atomic E-state index is 0.268. The number of nitrogens with one attached hydrogen (secondary N) is 1. The van der Waals surface area contributed by atoms with Crippen LogP contribution < -0.4 is 0 Å². The zero-order valence-corrected chi connectivity index (χ0v) is 10.2. The number of aliphatic hydroxyl groups excluding tert-OH is 1. The highest BCUT2D eigenvalue weighted by atomic mass is 16.3. The van der Waals surface area contributed by atoms with Crippen molar-refractivity contribution in [2.75, 3.05) is 26.7 Å². The first-order valence-corrected chi connectivity index (χ1v) is 6.01. The Balaban J connectivity index is 1.89. The summed E-state index contributed by atoms with van der Waals surface area (Å²) in [5, 5.41) is 8.76. The lowest BCUT2D eigenvalue weighted by Crippen LogP contribution is -2.23. The third-order valence-electron chi connectivity index (χ3n) is 2.96. The van der Waals surface area contributed by atoms with Crippen LogP contribution in [0.15, 0.2) is 24.5 Å². The number of imidazole rings is 1. The van der Waals surface area contributed by atoms with Gasteiger partial charge in [0, 0.05) is 19.7 Å². The Hall–Kier alpha value is -1.39. The highest BCUT2D eigenvalue weighted by molar-refractivity contribution is 5.74. The van der Waals surface area contributed by atoms with Gasteiger partial charge in [0.05, 0.1) is 17.4 Å². The van der Waals surface area contributed by atoms with Gasteiger partial charge in [-0.2, -0.15) is 0 Å². The first-order chi connectivity index (χ1) is 8.29. The molecule has 4 nitrogen and oxygen atoms in total. The average molecular weight is 233 g/mol. The van der Waals surface area contributed by atoms with E-state index in [9.17, 15) is 0 Å². The summed E-state index contributed by atoms with van der Waals surface area (Å²) in [6.07, 6.45) is 3.59. The molecule has 0 aliphatic rings. The zero-order chi connectivity index (χ0) is 12.1. The first-order valence-electron chi connectivity index (χ1n) is 6.01. The number of aliphatic hydroxyl groups is 1. The molecule has 1 aromatic carbocycles. The topological polar surface area (TPSA) is 52.1 Å². The lowest BCUT2D eigenvalue weighted by atomic mass is 10.1. The molecule has 0 atom stereocenters. The van der Waals surface area contributed by atoms with E-state index in [1.54, 1.807) is 6.33 Å². The molecule has 17 heavy (non-hydrogen) atoms. The van der Waals surface area contributed by atoms with Gasteiger partial charge in [-0.1, -0.05) is 6.07 Å². The monoisotopic (exact) mass is 233 g/mol. The van der Waals surface area contributed by atoms with Crippen LogP contribution in [0.2, 0.25) is 0 Å². The molecule has 4 heteroatoms. The molecular weight excluding hydrogens is 214 g/mol. The SMILES string of the molecule is CN(CCCO)CCc1ccc2nc[nH]c2c1. The first kappa shape index (κ1) is 12.1. The van der Waals surface area contributed by atoms with Gasteiger partial charge in [0.15, 0.2) is 0 Å². The van der Waals surface area contributed by atoms with Gasteiger partial charge in [-0.15, -0.1) is 0 Å². The smallest absolute Gasteiger partial charge is 0.0931 e. The van der Waals surface area contributed by atoms with Crippen molar-refractivity contribution >= 4 is 11.0 Å². The van der Waals surface area contributed by atoms with E-state index in [0.29, 0.717) is 0 Å². The molecule has 0 spiro atoms. The molecule has 1 aromatic heterocycles. The van der Waals surface area contributed by atoms with Gasteiger partial charge in [0.25, 0.3) is 0 Å². The number of hydrogen-bond acceptors (Lipinski definition) is 3. The molecule has 1 heterocycles. The number of aromatic nitrogens is 2. The number of hydrogen-bond donors (Lipinski definition) is 2. The van der Waals surface area contributed by atoms with Crippen LogP contribution in [0.1, 0.15) is 12.0 Å². The summed E-state index contributed by atoms with van der Waals surface area (Å²) in [7, 11) is 2.09. The lowest BCUT2D eigenvalue weighted by Gasteiger charge is -2.15. The fraction of sp³-hybridized carbons (Fsp3) is 0.462. The van der Waals surface area contributed by atoms with Crippen molar-refractivity contribution in [1.29, 1.82) is 0 Å². The normalized spacial score (nSPS) is 11.5. The van der Waals surface area contributed by atoms with E-state index in [0.717, 1.165) is 37.0 Å². The molecule has 0 amide bonds. The van der Waals surface area contributed by atoms with Crippen LogP contribution >= 0.6 is 0 Å². The maximum Gasteiger partial charge on any atom is 0.0931 e. The van der Waals surface area contributed by atoms with Crippen LogP contribution in [-0.4, -0.2) is 46.7 Å². The highest BCUT2D eigenvalue weighted by Gasteiger charge is 2.01. The second-order valence-electron chi connectivity index (χ2n) is 4.38. The summed E-state index contributed by atoms with van der Waals surface area (Å²) in [6, 6.07) is 6.33. The Morgan fingerprint density at radius 1 is 1.35 bits per heavy atom. The van der Waals surface area contributed by atoms with Crippen molar-refractivity contribution < 1.29 is 5.11 Å². The molecule has 92 valence electrons. The van der Waals surface area contributed by atoms with Gasteiger partial charge >= 0.3 is 0 Å². The molecule has 0 bridgehead atoms. The van der Waals surface area contributed by atoms with Crippen LogP contribution in [-0.2, 0) is 6.42 Å². The molecule has 0 unspecified atom stereocenters. The third-order valence-corrected chi connectivity index (χ3v) is 2.96. The Kier molecular flexibility index (Phi) is 4.12. The van der Waals surface area contributed by atoms with E-state index in [2.05, 4.69) is 40.1 Å². The highest BCUT2D eigenvalue weighted by Crippen LogP contribution is 2.12. The van der Waals surface area contributed by atoms with Gasteiger partial charge in [-0.25, -0.2) is 4.98 Å². The van der Waals surface area contributed by atoms with Gasteiger partial charge in [-0.3, -0.25) is 0 Å². The van der Waals surface area contributed by atoms with E-state index in [1.807, 2.05) is 0 Å². The summed E-state index contributed by atoms with van der Waals surface area (Å²) < 4.78 is 0. The number of nitrogens with zero attached hydrogens (tertiary/aromatic N) is 2. The van der Waals surface area contributed by atoms with Crippen molar-refractivity contribution in [3.63, 3.8) is 0 Å². The number of aromatic amines is 1. The van der Waals surface area contributed by atoms with E-state index >= 15 is 0 Å². The Morgan fingerprint density at radius 3 is 3.06 bits per heavy atom. The summed E-state index contributed by atoms with van der Waals surface area (Å²) in [5.41, 5.74) is 3.43. The Bertz CT molecular complexity index is 466. The Labute approximate surface area is 101 Å². The molecule has 0 aliphatic heterocycles. The largest absolute Gasteiger partial charge is 0.396 e. The van der Waals surface area contributed by atoms with Gasteiger partial charge in [0.2, 0.25) is 0 Å². The van der Waals surface area contributed by atoms with Crippen LogP contribution in [0.3, 0.4) is 0 Å². The zero-order valence-electron chi connectivity index (χ0n) is 10.2. The summed E-state index contributed by atoms with van der Waals surface area (Å²) in [4.78, 5) is 9.57. The fourth-order valence-electron chi connectivity index (χ4n) is 1.91. The standard InChI is InChI=1S/C13H19N3O/c1-16(6-2-8-17)7-5-11-3-4-12-13(9-11)15-10-14-12/h3-4,9-10,17H,2,5-8H2,1H3,(H,14,15). The number of H-pyrrole nitrogens is 1. The Morgan fingerprint density at radius 2 is 2.24 bits per heavy atom. The molecule has 0 radical (unpaired) electrons. The van der Waals surface area contributed by atoms with E-state index in [4.69, 9.17) is 5.11 Å². The van der Waals surface area contributed by atoms with Crippen molar-refractivity contribution in [3.8, 4) is 0 Å². The van der Waals surface area contributed by atoms with Gasteiger partial charge in [-0.05, 0) is 37.6 Å². The quantitative estimate of drug-likeness (QED) is 0.793. The van der Waals surface area contributed by atoms with Crippen molar-refractivity contribution in [2.24, 2.45) is 0 Å². The number of fused-ring (bicyclic) bond motifs is 1. The van der Waals surface area contributed by atoms with Crippen molar-refractivity contribution in [3.05, 3.63) is 30.1 Å². The van der Waals surface area contributed by atoms with Crippen molar-refractivity contribution in [1.82, 2.24) is 14.9 Å². The second kappa shape index (κ2) is 5.80. The van der Waals surface area contributed by atoms with E-state index in [-0.39, 0.29) is 6.61 Å². The van der Waals surface area contributed by atoms with Crippen molar-refractivity contribution in [2.45, 2.75) is 12.8 Å². The third kappa shape index (κ3) is 3.28. The summed E-state index contributed by atoms with van der Waals surface area (Å²) >= 11 is 0. The number of likely N-dealkylation sites (N-methyl/N-ethyl adjacent to an activating group) is 1. The summed E-state index contributed by atoms with van der Waals surface area (Å²) in [5.74, 6) is 0. The minimum Gasteiger partial charge on any atom is -0.396 e. The van der Waals surface area contributed by atoms with Crippen LogP contribution in [0.25, 0.3) is 11.0 Å². The number of rotatable bonds is 6. The molecule has 0 fully saturated rings. The van der Waals surface area contributed by atoms with E-state index < -0.39 is 0 Å². The number of benzene rings is 1. The average Bonchev–Trinajstić information content (AvgIpc) is 2.81. The van der Waals surface area contributed by atoms with Gasteiger partial charge < -0.3 is 15.0 Å². The van der Waals surface area contributed by atoms with Gasteiger partial charge in [0.1, 0.15) is 0 Å². The van der Waals surface area contributed by atoms with E-state index in [1.165, 1.54) is 5.56 Å². The molecule has 0 saturated carbocycles. The minimum atomic E-state index is 0.268. The second-order valence-corrected chi connectivity index (χ2v) is 4.38. The van der Waals surface area contributed by atoms with Crippen LogP contribution in [0, 0.1) is 0 Å². The molecular formula is C13H19N3O. The molecule has 2 aromatic rings. The maximum atomic E-state index is 8.76. The lowest BCUT2D eigenvalue weighted by molar-refractivity contribution is 0.248. The van der Waals surface area contributed by atoms with Crippen LogP contribution in [0.4, 0.5) is 0 Å². The molecule has 2 N–H and O–H groups in total. The predicted octanol–water partition coefficient (Wildman–Crippen LogP) is 1.42. The summed E-state index contributed by atoms with van der Waals surface area (Å²) in [6.45, 7) is 2.23. The molecule has 2 rings (SSSR count).